The van der Waals surface area contributed by atoms with E-state index in [1.54, 1.807) is 6.20 Å². The highest BCUT2D eigenvalue weighted by molar-refractivity contribution is 6.30. The Morgan fingerprint density at radius 1 is 1.00 bits per heavy atom. The number of nitrogens with zero attached hydrogens (tertiary/aromatic N) is 4. The molecule has 0 unspecified atom stereocenters. The van der Waals surface area contributed by atoms with Crippen LogP contribution < -0.4 is 0 Å². The van der Waals surface area contributed by atoms with Crippen molar-refractivity contribution in [1.29, 1.82) is 0 Å². The minimum Gasteiger partial charge on any atom is -0.337 e. The first-order valence-electron chi connectivity index (χ1n) is 10.5. The first-order chi connectivity index (χ1) is 14.7. The van der Waals surface area contributed by atoms with E-state index in [0.717, 1.165) is 43.0 Å². The van der Waals surface area contributed by atoms with Gasteiger partial charge in [-0.2, -0.15) is 5.10 Å². The molecule has 2 heterocycles. The molecule has 3 aromatic rings. The third-order valence-electron chi connectivity index (χ3n) is 5.58. The van der Waals surface area contributed by atoms with Gasteiger partial charge in [-0.1, -0.05) is 35.9 Å². The fourth-order valence-corrected chi connectivity index (χ4v) is 3.97. The number of carbonyl (C=O) groups excluding carboxylic acids is 1. The number of benzene rings is 2. The zero-order chi connectivity index (χ0) is 20.8. The Kier molecular flexibility index (Phi) is 6.82. The Morgan fingerprint density at radius 3 is 2.37 bits per heavy atom. The number of amides is 1. The summed E-state index contributed by atoms with van der Waals surface area (Å²) in [6, 6.07) is 17.7. The molecular formula is C24H27ClN4O. The normalized spacial score (nSPS) is 14.2. The lowest BCUT2D eigenvalue weighted by atomic mass is 10.1. The van der Waals surface area contributed by atoms with Crippen molar-refractivity contribution < 1.29 is 4.79 Å². The molecule has 0 atom stereocenters. The molecule has 1 aromatic heterocycles. The Morgan fingerprint density at radius 2 is 1.70 bits per heavy atom. The predicted octanol–water partition coefficient (Wildman–Crippen LogP) is 4.19. The van der Waals surface area contributed by atoms with Gasteiger partial charge in [0, 0.05) is 37.1 Å². The molecule has 0 aliphatic carbocycles. The fourth-order valence-electron chi connectivity index (χ4n) is 3.85. The van der Waals surface area contributed by atoms with Gasteiger partial charge < -0.3 is 9.80 Å². The Bertz CT molecular complexity index is 932. The molecule has 6 heteroatoms. The van der Waals surface area contributed by atoms with Gasteiger partial charge in [0.25, 0.3) is 0 Å². The van der Waals surface area contributed by atoms with Gasteiger partial charge >= 0.3 is 0 Å². The van der Waals surface area contributed by atoms with Crippen LogP contribution in [-0.4, -0.2) is 51.7 Å². The van der Waals surface area contributed by atoms with E-state index in [9.17, 15) is 4.79 Å². The van der Waals surface area contributed by atoms with Gasteiger partial charge in [-0.3, -0.25) is 4.79 Å². The average Bonchev–Trinajstić information content (AvgIpc) is 3.47. The molecule has 0 saturated carbocycles. The van der Waals surface area contributed by atoms with Crippen LogP contribution in [0, 0.1) is 0 Å². The first kappa shape index (κ1) is 20.6. The Labute approximate surface area is 182 Å². The minimum atomic E-state index is 0.149. The number of aromatic nitrogens is 2. The standard InChI is InChI=1S/C24H27ClN4O/c25-22-8-4-21(5-9-22)19-28(17-16-27-13-1-2-14-27)24(30)18-20-6-10-23(11-7-20)29-15-3-12-26-29/h3-12,15H,1-2,13-14,16-19H2. The molecule has 1 saturated heterocycles. The second-order valence-electron chi connectivity index (χ2n) is 7.78. The van der Waals surface area contributed by atoms with E-state index in [1.165, 1.54) is 12.8 Å². The van der Waals surface area contributed by atoms with Crippen molar-refractivity contribution >= 4 is 17.5 Å². The van der Waals surface area contributed by atoms with Crippen LogP contribution in [0.4, 0.5) is 0 Å². The molecule has 2 aromatic carbocycles. The number of rotatable bonds is 8. The molecule has 1 fully saturated rings. The Balaban J connectivity index is 1.42. The van der Waals surface area contributed by atoms with E-state index in [4.69, 9.17) is 11.6 Å². The number of likely N-dealkylation sites (tertiary alicyclic amines) is 1. The maximum absolute atomic E-state index is 13.2. The van der Waals surface area contributed by atoms with E-state index in [2.05, 4.69) is 10.00 Å². The SMILES string of the molecule is O=C(Cc1ccc(-n2cccn2)cc1)N(CCN1CCCC1)Cc1ccc(Cl)cc1. The topological polar surface area (TPSA) is 41.4 Å². The number of hydrogen-bond donors (Lipinski definition) is 0. The molecule has 0 bridgehead atoms. The molecular weight excluding hydrogens is 396 g/mol. The van der Waals surface area contributed by atoms with Crippen molar-refractivity contribution in [2.45, 2.75) is 25.8 Å². The molecule has 1 aliphatic heterocycles. The van der Waals surface area contributed by atoms with Crippen LogP contribution in [0.5, 0.6) is 0 Å². The van der Waals surface area contributed by atoms with Crippen molar-refractivity contribution in [1.82, 2.24) is 19.6 Å². The van der Waals surface area contributed by atoms with Crippen LogP contribution in [0.1, 0.15) is 24.0 Å². The molecule has 156 valence electrons. The lowest BCUT2D eigenvalue weighted by molar-refractivity contribution is -0.131. The predicted molar refractivity (Wildman–Crippen MR) is 120 cm³/mol. The Hall–Kier alpha value is -2.63. The quantitative estimate of drug-likeness (QED) is 0.546. The molecule has 4 rings (SSSR count). The van der Waals surface area contributed by atoms with Crippen LogP contribution in [0.2, 0.25) is 5.02 Å². The van der Waals surface area contributed by atoms with Gasteiger partial charge in [0.05, 0.1) is 12.1 Å². The molecule has 1 amide bonds. The molecule has 1 aliphatic rings. The van der Waals surface area contributed by atoms with Crippen molar-refractivity contribution in [2.75, 3.05) is 26.2 Å². The molecule has 0 N–H and O–H groups in total. The average molecular weight is 423 g/mol. The van der Waals surface area contributed by atoms with E-state index < -0.39 is 0 Å². The van der Waals surface area contributed by atoms with Crippen molar-refractivity contribution in [3.8, 4) is 5.69 Å². The summed E-state index contributed by atoms with van der Waals surface area (Å²) >= 11 is 6.02. The third kappa shape index (κ3) is 5.49. The lowest BCUT2D eigenvalue weighted by Gasteiger charge is -2.26. The monoisotopic (exact) mass is 422 g/mol. The highest BCUT2D eigenvalue weighted by atomic mass is 35.5. The maximum Gasteiger partial charge on any atom is 0.227 e. The maximum atomic E-state index is 13.2. The van der Waals surface area contributed by atoms with Crippen LogP contribution in [-0.2, 0) is 17.8 Å². The van der Waals surface area contributed by atoms with Crippen LogP contribution in [0.15, 0.2) is 67.0 Å². The van der Waals surface area contributed by atoms with E-state index in [1.807, 2.05) is 70.4 Å². The second kappa shape index (κ2) is 9.92. The van der Waals surface area contributed by atoms with Crippen LogP contribution >= 0.6 is 11.6 Å². The summed E-state index contributed by atoms with van der Waals surface area (Å²) in [7, 11) is 0. The van der Waals surface area contributed by atoms with E-state index >= 15 is 0 Å². The van der Waals surface area contributed by atoms with Gasteiger partial charge in [0.2, 0.25) is 5.91 Å². The van der Waals surface area contributed by atoms with Crippen LogP contribution in [0.25, 0.3) is 5.69 Å². The van der Waals surface area contributed by atoms with E-state index in [-0.39, 0.29) is 5.91 Å². The summed E-state index contributed by atoms with van der Waals surface area (Å²) in [5.74, 6) is 0.149. The van der Waals surface area contributed by atoms with Crippen molar-refractivity contribution in [3.05, 3.63) is 83.1 Å². The van der Waals surface area contributed by atoms with Crippen LogP contribution in [0.3, 0.4) is 0 Å². The van der Waals surface area contributed by atoms with Gasteiger partial charge in [0.1, 0.15) is 0 Å². The highest BCUT2D eigenvalue weighted by Gasteiger charge is 2.18. The zero-order valence-electron chi connectivity index (χ0n) is 17.1. The van der Waals surface area contributed by atoms with Gasteiger partial charge in [-0.05, 0) is 67.4 Å². The number of carbonyl (C=O) groups is 1. The van der Waals surface area contributed by atoms with Crippen molar-refractivity contribution in [2.24, 2.45) is 0 Å². The summed E-state index contributed by atoms with van der Waals surface area (Å²) in [6.07, 6.45) is 6.58. The molecule has 0 spiro atoms. The highest BCUT2D eigenvalue weighted by Crippen LogP contribution is 2.15. The fraction of sp³-hybridized carbons (Fsp3) is 0.333. The second-order valence-corrected chi connectivity index (χ2v) is 8.22. The minimum absolute atomic E-state index is 0.149. The van der Waals surface area contributed by atoms with Crippen molar-refractivity contribution in [3.63, 3.8) is 0 Å². The molecule has 30 heavy (non-hydrogen) atoms. The molecule has 5 nitrogen and oxygen atoms in total. The summed E-state index contributed by atoms with van der Waals surface area (Å²) in [5, 5.41) is 4.96. The third-order valence-corrected chi connectivity index (χ3v) is 5.84. The van der Waals surface area contributed by atoms with Gasteiger partial charge in [-0.15, -0.1) is 0 Å². The first-order valence-corrected chi connectivity index (χ1v) is 10.9. The zero-order valence-corrected chi connectivity index (χ0v) is 17.8. The molecule has 0 radical (unpaired) electrons. The largest absolute Gasteiger partial charge is 0.337 e. The lowest BCUT2D eigenvalue weighted by Crippen LogP contribution is -2.38. The summed E-state index contributed by atoms with van der Waals surface area (Å²) in [4.78, 5) is 17.6. The summed E-state index contributed by atoms with van der Waals surface area (Å²) in [5.41, 5.74) is 3.10. The van der Waals surface area contributed by atoms with E-state index in [0.29, 0.717) is 18.0 Å². The number of halogens is 1. The van der Waals surface area contributed by atoms with Gasteiger partial charge in [0.15, 0.2) is 0 Å². The smallest absolute Gasteiger partial charge is 0.227 e. The van der Waals surface area contributed by atoms with Gasteiger partial charge in [-0.25, -0.2) is 4.68 Å². The summed E-state index contributed by atoms with van der Waals surface area (Å²) < 4.78 is 1.81. The number of hydrogen-bond acceptors (Lipinski definition) is 3. The summed E-state index contributed by atoms with van der Waals surface area (Å²) in [6.45, 7) is 4.55.